The maximum absolute atomic E-state index is 11.4. The Labute approximate surface area is 106 Å². The van der Waals surface area contributed by atoms with E-state index in [1.807, 2.05) is 5.43 Å². The highest BCUT2D eigenvalue weighted by atomic mass is 35.5. The molecule has 0 bridgehead atoms. The molecular formula is C10H9ClN4O3. The molecule has 0 spiro atoms. The van der Waals surface area contributed by atoms with Crippen LogP contribution in [0.25, 0.3) is 0 Å². The van der Waals surface area contributed by atoms with Crippen molar-refractivity contribution >= 4 is 17.5 Å². The van der Waals surface area contributed by atoms with Crippen molar-refractivity contribution in [1.29, 1.82) is 0 Å². The maximum atomic E-state index is 11.4. The van der Waals surface area contributed by atoms with Gasteiger partial charge in [0, 0.05) is 6.20 Å². The largest absolute Gasteiger partial charge is 0.454 e. The Kier molecular flexibility index (Phi) is 3.45. The van der Waals surface area contributed by atoms with Crippen molar-refractivity contribution in [3.63, 3.8) is 0 Å². The number of hydrogen-bond donors (Lipinski definition) is 2. The Morgan fingerprint density at radius 1 is 1.56 bits per heavy atom. The summed E-state index contributed by atoms with van der Waals surface area (Å²) >= 11 is 5.73. The summed E-state index contributed by atoms with van der Waals surface area (Å²) in [5, 5.41) is 0.334. The van der Waals surface area contributed by atoms with Crippen LogP contribution in [0.1, 0.15) is 16.3 Å². The van der Waals surface area contributed by atoms with Gasteiger partial charge in [0.1, 0.15) is 5.76 Å². The van der Waals surface area contributed by atoms with Crippen LogP contribution >= 0.6 is 11.6 Å². The lowest BCUT2D eigenvalue weighted by molar-refractivity contribution is 0.0924. The molecule has 0 atom stereocenters. The normalized spacial score (nSPS) is 10.3. The van der Waals surface area contributed by atoms with Crippen LogP contribution in [0.4, 0.5) is 0 Å². The fourth-order valence-corrected chi connectivity index (χ4v) is 1.53. The SMILES string of the molecule is NNC(=O)c1ccc(Cn2cc(Cl)cnc2=O)o1. The van der Waals surface area contributed by atoms with Crippen molar-refractivity contribution in [3.05, 3.63) is 51.6 Å². The lowest BCUT2D eigenvalue weighted by atomic mass is 10.4. The molecule has 0 aromatic carbocycles. The lowest BCUT2D eigenvalue weighted by Gasteiger charge is -2.02. The summed E-state index contributed by atoms with van der Waals surface area (Å²) in [5.74, 6) is 4.91. The van der Waals surface area contributed by atoms with Gasteiger partial charge in [-0.1, -0.05) is 11.6 Å². The van der Waals surface area contributed by atoms with Crippen molar-refractivity contribution < 1.29 is 9.21 Å². The number of nitrogens with zero attached hydrogens (tertiary/aromatic N) is 2. The van der Waals surface area contributed by atoms with Crippen molar-refractivity contribution in [2.24, 2.45) is 5.84 Å². The van der Waals surface area contributed by atoms with Gasteiger partial charge in [-0.15, -0.1) is 0 Å². The molecule has 3 N–H and O–H groups in total. The van der Waals surface area contributed by atoms with Gasteiger partial charge in [-0.05, 0) is 12.1 Å². The van der Waals surface area contributed by atoms with Gasteiger partial charge in [0.05, 0.1) is 17.8 Å². The highest BCUT2D eigenvalue weighted by Gasteiger charge is 2.10. The van der Waals surface area contributed by atoms with E-state index in [2.05, 4.69) is 4.98 Å². The van der Waals surface area contributed by atoms with Crippen LogP contribution in [0.15, 0.2) is 33.7 Å². The van der Waals surface area contributed by atoms with Crippen LogP contribution in [-0.4, -0.2) is 15.5 Å². The molecule has 2 rings (SSSR count). The number of amides is 1. The fraction of sp³-hybridized carbons (Fsp3) is 0.100. The number of furan rings is 1. The number of nitrogen functional groups attached to an aromatic ring is 1. The minimum atomic E-state index is -0.544. The Hall–Kier alpha value is -2.12. The topological polar surface area (TPSA) is 103 Å². The third-order valence-electron chi connectivity index (χ3n) is 2.17. The number of carbonyl (C=O) groups is 1. The summed E-state index contributed by atoms with van der Waals surface area (Å²) in [5.41, 5.74) is 1.49. The minimum absolute atomic E-state index is 0.0653. The molecule has 94 valence electrons. The van der Waals surface area contributed by atoms with Gasteiger partial charge in [-0.2, -0.15) is 0 Å². The fourth-order valence-electron chi connectivity index (χ4n) is 1.37. The molecule has 0 fully saturated rings. The predicted octanol–water partition coefficient (Wildman–Crippen LogP) is 0.141. The van der Waals surface area contributed by atoms with E-state index >= 15 is 0 Å². The minimum Gasteiger partial charge on any atom is -0.454 e. The molecule has 0 unspecified atom stereocenters. The Morgan fingerprint density at radius 2 is 2.33 bits per heavy atom. The number of rotatable bonds is 3. The average molecular weight is 269 g/mol. The maximum Gasteiger partial charge on any atom is 0.348 e. The number of hydrazine groups is 1. The molecule has 7 nitrogen and oxygen atoms in total. The number of aromatic nitrogens is 2. The molecule has 2 aromatic heterocycles. The van der Waals surface area contributed by atoms with Crippen molar-refractivity contribution in [1.82, 2.24) is 15.0 Å². The first-order chi connectivity index (χ1) is 8.60. The highest BCUT2D eigenvalue weighted by Crippen LogP contribution is 2.09. The molecule has 0 saturated carbocycles. The standard InChI is InChI=1S/C10H9ClN4O3/c11-6-3-13-10(17)15(4-6)5-7-1-2-8(18-7)9(16)14-12/h1-4H,5,12H2,(H,14,16). The molecule has 0 aliphatic rings. The molecule has 0 aliphatic carbocycles. The Bertz CT molecular complexity index is 634. The van der Waals surface area contributed by atoms with Crippen LogP contribution in [0, 0.1) is 0 Å². The summed E-state index contributed by atoms with van der Waals surface area (Å²) in [6.45, 7) is 0.129. The molecule has 2 aromatic rings. The number of halogens is 1. The highest BCUT2D eigenvalue weighted by molar-refractivity contribution is 6.30. The van der Waals surface area contributed by atoms with E-state index in [0.29, 0.717) is 10.8 Å². The molecule has 0 radical (unpaired) electrons. The summed E-state index contributed by atoms with van der Waals surface area (Å²) in [6, 6.07) is 3.03. The summed E-state index contributed by atoms with van der Waals surface area (Å²) in [4.78, 5) is 26.2. The van der Waals surface area contributed by atoms with Crippen molar-refractivity contribution in [2.45, 2.75) is 6.54 Å². The van der Waals surface area contributed by atoms with Crippen molar-refractivity contribution in [3.8, 4) is 0 Å². The first-order valence-electron chi connectivity index (χ1n) is 4.92. The van der Waals surface area contributed by atoms with Crippen LogP contribution < -0.4 is 17.0 Å². The van der Waals surface area contributed by atoms with E-state index in [0.717, 1.165) is 0 Å². The van der Waals surface area contributed by atoms with Crippen LogP contribution in [0.2, 0.25) is 5.02 Å². The Morgan fingerprint density at radius 3 is 3.06 bits per heavy atom. The van der Waals surface area contributed by atoms with E-state index in [-0.39, 0.29) is 12.3 Å². The quantitative estimate of drug-likeness (QED) is 0.468. The summed E-state index contributed by atoms with van der Waals surface area (Å²) in [6.07, 6.45) is 2.69. The zero-order valence-corrected chi connectivity index (χ0v) is 9.85. The second kappa shape index (κ2) is 5.03. The van der Waals surface area contributed by atoms with Crippen LogP contribution in [-0.2, 0) is 6.54 Å². The first kappa shape index (κ1) is 12.3. The molecule has 18 heavy (non-hydrogen) atoms. The van der Waals surface area contributed by atoms with Gasteiger partial charge in [0.25, 0.3) is 0 Å². The molecule has 8 heteroatoms. The van der Waals surface area contributed by atoms with E-state index < -0.39 is 11.6 Å². The lowest BCUT2D eigenvalue weighted by Crippen LogP contribution is -2.29. The zero-order valence-electron chi connectivity index (χ0n) is 9.09. The molecule has 2 heterocycles. The van der Waals surface area contributed by atoms with Crippen LogP contribution in [0.5, 0.6) is 0 Å². The van der Waals surface area contributed by atoms with Crippen molar-refractivity contribution in [2.75, 3.05) is 0 Å². The molecule has 1 amide bonds. The predicted molar refractivity (Wildman–Crippen MR) is 63.0 cm³/mol. The molecule has 0 aliphatic heterocycles. The Balaban J connectivity index is 2.24. The number of nitrogens with one attached hydrogen (secondary N) is 1. The third kappa shape index (κ3) is 2.58. The number of carbonyl (C=O) groups excluding carboxylic acids is 1. The number of nitrogens with two attached hydrogens (primary N) is 1. The zero-order chi connectivity index (χ0) is 13.1. The first-order valence-corrected chi connectivity index (χ1v) is 5.29. The van der Waals surface area contributed by atoms with Gasteiger partial charge in [-0.3, -0.25) is 14.8 Å². The van der Waals surface area contributed by atoms with E-state index in [1.54, 1.807) is 6.07 Å². The summed E-state index contributed by atoms with van der Waals surface area (Å²) < 4.78 is 6.48. The second-order valence-corrected chi connectivity index (χ2v) is 3.86. The smallest absolute Gasteiger partial charge is 0.348 e. The third-order valence-corrected chi connectivity index (χ3v) is 2.36. The van der Waals surface area contributed by atoms with Gasteiger partial charge in [0.2, 0.25) is 0 Å². The summed E-state index contributed by atoms with van der Waals surface area (Å²) in [7, 11) is 0. The molecular weight excluding hydrogens is 260 g/mol. The van der Waals surface area contributed by atoms with Gasteiger partial charge < -0.3 is 4.42 Å². The van der Waals surface area contributed by atoms with Crippen LogP contribution in [0.3, 0.4) is 0 Å². The van der Waals surface area contributed by atoms with E-state index in [9.17, 15) is 9.59 Å². The second-order valence-electron chi connectivity index (χ2n) is 3.42. The van der Waals surface area contributed by atoms with Gasteiger partial charge >= 0.3 is 11.6 Å². The van der Waals surface area contributed by atoms with E-state index in [4.69, 9.17) is 21.9 Å². The van der Waals surface area contributed by atoms with Gasteiger partial charge in [-0.25, -0.2) is 15.6 Å². The average Bonchev–Trinajstić information content (AvgIpc) is 2.81. The number of hydrogen-bond acceptors (Lipinski definition) is 5. The van der Waals surface area contributed by atoms with E-state index in [1.165, 1.54) is 23.0 Å². The monoisotopic (exact) mass is 268 g/mol. The molecule has 0 saturated heterocycles. The van der Waals surface area contributed by atoms with Gasteiger partial charge in [0.15, 0.2) is 5.76 Å².